The zero-order chi connectivity index (χ0) is 20.2. The molecule has 6 nitrogen and oxygen atoms in total. The van der Waals surface area contributed by atoms with E-state index in [1.165, 1.54) is 5.69 Å². The fourth-order valence-electron chi connectivity index (χ4n) is 3.88. The van der Waals surface area contributed by atoms with Crippen molar-refractivity contribution in [1.29, 1.82) is 0 Å². The van der Waals surface area contributed by atoms with Crippen LogP contribution in [0.4, 0.5) is 11.4 Å². The lowest BCUT2D eigenvalue weighted by atomic mass is 10.1. The van der Waals surface area contributed by atoms with Gasteiger partial charge in [0.1, 0.15) is 5.82 Å². The number of hydrogen-bond donors (Lipinski definition) is 2. The highest BCUT2D eigenvalue weighted by molar-refractivity contribution is 5.92. The summed E-state index contributed by atoms with van der Waals surface area (Å²) in [5.74, 6) is 0.859. The van der Waals surface area contributed by atoms with Gasteiger partial charge in [0.25, 0.3) is 0 Å². The third-order valence-electron chi connectivity index (χ3n) is 5.70. The van der Waals surface area contributed by atoms with Crippen molar-refractivity contribution in [3.63, 3.8) is 0 Å². The quantitative estimate of drug-likeness (QED) is 0.674. The fraction of sp³-hybridized carbons (Fsp3) is 0.391. The van der Waals surface area contributed by atoms with Crippen LogP contribution >= 0.6 is 0 Å². The molecular weight excluding hydrogens is 362 g/mol. The highest BCUT2D eigenvalue weighted by atomic mass is 16.1. The molecule has 1 aliphatic heterocycles. The summed E-state index contributed by atoms with van der Waals surface area (Å²) in [6.45, 7) is 9.71. The summed E-state index contributed by atoms with van der Waals surface area (Å²) < 4.78 is 0. The molecule has 1 aliphatic rings. The number of rotatable bonds is 6. The number of benzene rings is 2. The van der Waals surface area contributed by atoms with Crippen molar-refractivity contribution in [2.45, 2.75) is 26.7 Å². The molecule has 2 N–H and O–H groups in total. The van der Waals surface area contributed by atoms with Crippen LogP contribution < -0.4 is 10.2 Å². The van der Waals surface area contributed by atoms with E-state index in [0.29, 0.717) is 12.8 Å². The van der Waals surface area contributed by atoms with Gasteiger partial charge in [-0.3, -0.25) is 4.79 Å². The predicted molar refractivity (Wildman–Crippen MR) is 119 cm³/mol. The summed E-state index contributed by atoms with van der Waals surface area (Å²) in [6, 6.07) is 14.2. The molecule has 1 amide bonds. The van der Waals surface area contributed by atoms with Crippen molar-refractivity contribution in [3.05, 3.63) is 53.9 Å². The number of aryl methyl sites for hydroxylation is 2. The molecular formula is C23H29N5O. The molecule has 0 radical (unpaired) electrons. The van der Waals surface area contributed by atoms with Crippen molar-refractivity contribution in [1.82, 2.24) is 14.9 Å². The molecule has 0 atom stereocenters. The Labute approximate surface area is 171 Å². The van der Waals surface area contributed by atoms with Crippen LogP contribution in [0.15, 0.2) is 42.5 Å². The van der Waals surface area contributed by atoms with Crippen LogP contribution in [0.2, 0.25) is 0 Å². The van der Waals surface area contributed by atoms with Crippen LogP contribution in [0.1, 0.15) is 24.7 Å². The van der Waals surface area contributed by atoms with Gasteiger partial charge >= 0.3 is 0 Å². The largest absolute Gasteiger partial charge is 0.369 e. The molecule has 0 aliphatic carbocycles. The van der Waals surface area contributed by atoms with Gasteiger partial charge in [0.05, 0.1) is 11.0 Å². The van der Waals surface area contributed by atoms with Gasteiger partial charge < -0.3 is 20.1 Å². The van der Waals surface area contributed by atoms with E-state index in [2.05, 4.69) is 51.1 Å². The summed E-state index contributed by atoms with van der Waals surface area (Å²) in [6.07, 6.45) is 0.999. The Morgan fingerprint density at radius 2 is 1.93 bits per heavy atom. The third-order valence-corrected chi connectivity index (χ3v) is 5.70. The number of nitrogens with zero attached hydrogens (tertiary/aromatic N) is 3. The first kappa shape index (κ1) is 19.5. The molecule has 4 rings (SSSR count). The number of likely N-dealkylation sites (N-methyl/N-ethyl adjacent to an activating group) is 1. The van der Waals surface area contributed by atoms with Crippen molar-refractivity contribution >= 4 is 28.3 Å². The van der Waals surface area contributed by atoms with E-state index < -0.39 is 0 Å². The molecule has 1 fully saturated rings. The summed E-state index contributed by atoms with van der Waals surface area (Å²) in [5.41, 5.74) is 5.16. The first-order valence-corrected chi connectivity index (χ1v) is 10.4. The zero-order valence-electron chi connectivity index (χ0n) is 17.2. The summed E-state index contributed by atoms with van der Waals surface area (Å²) in [4.78, 5) is 25.2. The number of carbonyl (C=O) groups excluding carboxylic acids is 1. The third kappa shape index (κ3) is 4.59. The average molecular weight is 392 g/mol. The standard InChI is InChI=1S/C23H29N5O/c1-3-27-12-14-28(15-13-27)18-8-9-19(17(2)16-18)26-23(29)11-10-22-24-20-6-4-5-7-21(20)25-22/h4-9,16H,3,10-15H2,1-2H3,(H,24,25)(H,26,29). The van der Waals surface area contributed by atoms with Crippen molar-refractivity contribution in [3.8, 4) is 0 Å². The second-order valence-corrected chi connectivity index (χ2v) is 7.67. The van der Waals surface area contributed by atoms with E-state index in [1.54, 1.807) is 0 Å². The molecule has 0 spiro atoms. The number of hydrogen-bond acceptors (Lipinski definition) is 4. The predicted octanol–water partition coefficient (Wildman–Crippen LogP) is 3.58. The molecule has 1 aromatic heterocycles. The molecule has 1 saturated heterocycles. The number of H-pyrrole nitrogens is 1. The van der Waals surface area contributed by atoms with E-state index in [0.717, 1.165) is 60.8 Å². The lowest BCUT2D eigenvalue weighted by molar-refractivity contribution is -0.116. The first-order chi connectivity index (χ1) is 14.1. The maximum absolute atomic E-state index is 12.4. The highest BCUT2D eigenvalue weighted by Crippen LogP contribution is 2.24. The number of amides is 1. The minimum atomic E-state index is 0.0119. The molecule has 2 aromatic carbocycles. The second-order valence-electron chi connectivity index (χ2n) is 7.67. The number of carbonyl (C=O) groups is 1. The second kappa shape index (κ2) is 8.66. The van der Waals surface area contributed by atoms with Gasteiger partial charge in [-0.05, 0) is 49.4 Å². The number of aromatic nitrogens is 2. The van der Waals surface area contributed by atoms with Gasteiger partial charge in [0, 0.05) is 50.4 Å². The van der Waals surface area contributed by atoms with Gasteiger partial charge in [0.2, 0.25) is 5.91 Å². The van der Waals surface area contributed by atoms with Crippen LogP contribution in [-0.2, 0) is 11.2 Å². The Kier molecular flexibility index (Phi) is 5.81. The normalized spacial score (nSPS) is 15.0. The van der Waals surface area contributed by atoms with Crippen LogP contribution in [0.3, 0.4) is 0 Å². The molecule has 0 unspecified atom stereocenters. The van der Waals surface area contributed by atoms with Gasteiger partial charge in [-0.25, -0.2) is 4.98 Å². The Bertz CT molecular complexity index is 955. The Balaban J connectivity index is 1.33. The zero-order valence-corrected chi connectivity index (χ0v) is 17.2. The van der Waals surface area contributed by atoms with Crippen LogP contribution in [-0.4, -0.2) is 53.5 Å². The number of imidazole rings is 1. The van der Waals surface area contributed by atoms with E-state index in [-0.39, 0.29) is 5.91 Å². The molecule has 0 bridgehead atoms. The monoisotopic (exact) mass is 391 g/mol. The van der Waals surface area contributed by atoms with Gasteiger partial charge in [-0.1, -0.05) is 19.1 Å². The summed E-state index contributed by atoms with van der Waals surface area (Å²) >= 11 is 0. The Morgan fingerprint density at radius 1 is 1.14 bits per heavy atom. The lowest BCUT2D eigenvalue weighted by Gasteiger charge is -2.35. The van der Waals surface area contributed by atoms with Crippen LogP contribution in [0.5, 0.6) is 0 Å². The fourth-order valence-corrected chi connectivity index (χ4v) is 3.88. The Morgan fingerprint density at radius 3 is 2.66 bits per heavy atom. The minimum absolute atomic E-state index is 0.0119. The van der Waals surface area contributed by atoms with Gasteiger partial charge in [-0.15, -0.1) is 0 Å². The van der Waals surface area contributed by atoms with Gasteiger partial charge in [-0.2, -0.15) is 0 Å². The minimum Gasteiger partial charge on any atom is -0.369 e. The van der Waals surface area contributed by atoms with E-state index >= 15 is 0 Å². The van der Waals surface area contributed by atoms with Crippen molar-refractivity contribution in [2.24, 2.45) is 0 Å². The SMILES string of the molecule is CCN1CCN(c2ccc(NC(=O)CCc3nc4ccccc4[nH]3)c(C)c2)CC1. The molecule has 3 aromatic rings. The maximum atomic E-state index is 12.4. The van der Waals surface area contributed by atoms with Crippen LogP contribution in [0.25, 0.3) is 11.0 Å². The summed E-state index contributed by atoms with van der Waals surface area (Å²) in [5, 5.41) is 3.05. The number of fused-ring (bicyclic) bond motifs is 1. The number of aromatic amines is 1. The lowest BCUT2D eigenvalue weighted by Crippen LogP contribution is -2.46. The number of anilines is 2. The molecule has 0 saturated carbocycles. The van der Waals surface area contributed by atoms with Crippen molar-refractivity contribution in [2.75, 3.05) is 42.9 Å². The average Bonchev–Trinajstić information content (AvgIpc) is 3.17. The number of para-hydroxylation sites is 2. The number of piperazine rings is 1. The van der Waals surface area contributed by atoms with Gasteiger partial charge in [0.15, 0.2) is 0 Å². The smallest absolute Gasteiger partial charge is 0.224 e. The topological polar surface area (TPSA) is 64.3 Å². The molecule has 2 heterocycles. The van der Waals surface area contributed by atoms with E-state index in [4.69, 9.17) is 0 Å². The summed E-state index contributed by atoms with van der Waals surface area (Å²) in [7, 11) is 0. The molecule has 152 valence electrons. The number of nitrogens with one attached hydrogen (secondary N) is 2. The maximum Gasteiger partial charge on any atom is 0.224 e. The molecule has 6 heteroatoms. The van der Waals surface area contributed by atoms with E-state index in [1.807, 2.05) is 30.3 Å². The highest BCUT2D eigenvalue weighted by Gasteiger charge is 2.16. The van der Waals surface area contributed by atoms with Crippen LogP contribution in [0, 0.1) is 6.92 Å². The van der Waals surface area contributed by atoms with Crippen molar-refractivity contribution < 1.29 is 4.79 Å². The first-order valence-electron chi connectivity index (χ1n) is 10.4. The Hall–Kier alpha value is -2.86. The molecule has 29 heavy (non-hydrogen) atoms. The van der Waals surface area contributed by atoms with E-state index in [9.17, 15) is 4.79 Å².